The van der Waals surface area contributed by atoms with Gasteiger partial charge in [-0.05, 0) is 12.1 Å². The number of methoxy groups -OCH3 is 4. The van der Waals surface area contributed by atoms with E-state index in [9.17, 15) is 19.7 Å². The van der Waals surface area contributed by atoms with Gasteiger partial charge in [0.15, 0.2) is 18.1 Å². The van der Waals surface area contributed by atoms with E-state index in [1.165, 1.54) is 34.5 Å². The molecular weight excluding hydrogens is 400 g/mol. The van der Waals surface area contributed by atoms with Gasteiger partial charge in [-0.25, -0.2) is 4.79 Å². The number of nitro benzene ring substituents is 1. The molecule has 30 heavy (non-hydrogen) atoms. The molecule has 11 heteroatoms. The molecule has 0 heterocycles. The van der Waals surface area contributed by atoms with Crippen molar-refractivity contribution in [2.45, 2.75) is 0 Å². The number of nitro groups is 1. The predicted molar refractivity (Wildman–Crippen MR) is 105 cm³/mol. The molecule has 0 radical (unpaired) electrons. The number of carbonyl (C=O) groups excluding carboxylic acids is 2. The van der Waals surface area contributed by atoms with Gasteiger partial charge < -0.3 is 29.0 Å². The Labute approximate surface area is 171 Å². The number of carbonyl (C=O) groups is 2. The number of hydrogen-bond donors (Lipinski definition) is 1. The molecular formula is C19H20N2O9. The highest BCUT2D eigenvalue weighted by Crippen LogP contribution is 2.35. The maximum Gasteiger partial charge on any atom is 0.345 e. The lowest BCUT2D eigenvalue weighted by Crippen LogP contribution is -2.21. The second-order valence-electron chi connectivity index (χ2n) is 5.67. The molecule has 0 unspecified atom stereocenters. The van der Waals surface area contributed by atoms with Gasteiger partial charge in [-0.3, -0.25) is 14.9 Å². The van der Waals surface area contributed by atoms with Crippen LogP contribution in [0.5, 0.6) is 23.0 Å². The van der Waals surface area contributed by atoms with Crippen LogP contribution in [0.15, 0.2) is 30.3 Å². The van der Waals surface area contributed by atoms with Gasteiger partial charge in [-0.2, -0.15) is 0 Å². The van der Waals surface area contributed by atoms with Crippen molar-refractivity contribution in [3.63, 3.8) is 0 Å². The van der Waals surface area contributed by atoms with E-state index >= 15 is 0 Å². The molecule has 0 spiro atoms. The molecule has 2 aromatic carbocycles. The lowest BCUT2D eigenvalue weighted by atomic mass is 10.1. The van der Waals surface area contributed by atoms with Crippen LogP contribution in [0, 0.1) is 10.1 Å². The molecule has 160 valence electrons. The molecule has 0 fully saturated rings. The summed E-state index contributed by atoms with van der Waals surface area (Å²) in [5.41, 5.74) is -0.632. The molecule has 0 saturated carbocycles. The summed E-state index contributed by atoms with van der Waals surface area (Å²) in [6, 6.07) is 6.91. The third kappa shape index (κ3) is 5.07. The lowest BCUT2D eigenvalue weighted by Gasteiger charge is -2.12. The summed E-state index contributed by atoms with van der Waals surface area (Å²) in [6.07, 6.45) is 0. The van der Waals surface area contributed by atoms with E-state index in [1.54, 1.807) is 12.1 Å². The maximum absolute atomic E-state index is 12.4. The van der Waals surface area contributed by atoms with Crippen LogP contribution in [0.25, 0.3) is 0 Å². The smallest absolute Gasteiger partial charge is 0.345 e. The van der Waals surface area contributed by atoms with E-state index in [2.05, 4.69) is 5.32 Å². The zero-order valence-corrected chi connectivity index (χ0v) is 16.7. The van der Waals surface area contributed by atoms with Crippen LogP contribution in [0.1, 0.15) is 10.4 Å². The van der Waals surface area contributed by atoms with Gasteiger partial charge >= 0.3 is 5.97 Å². The first-order valence-corrected chi connectivity index (χ1v) is 8.44. The molecule has 0 saturated heterocycles. The number of anilines is 1. The Kier molecular flexibility index (Phi) is 7.39. The number of amides is 1. The van der Waals surface area contributed by atoms with Gasteiger partial charge in [0.05, 0.1) is 45.1 Å². The van der Waals surface area contributed by atoms with Crippen molar-refractivity contribution in [2.75, 3.05) is 40.4 Å². The highest BCUT2D eigenvalue weighted by atomic mass is 16.6. The number of nitrogens with zero attached hydrogens (tertiary/aromatic N) is 1. The monoisotopic (exact) mass is 420 g/mol. The fourth-order valence-electron chi connectivity index (χ4n) is 2.49. The van der Waals surface area contributed by atoms with E-state index in [0.29, 0.717) is 17.2 Å². The van der Waals surface area contributed by atoms with Crippen molar-refractivity contribution in [1.82, 2.24) is 0 Å². The standard InChI is InChI=1S/C19H20N2O9/c1-26-11-5-6-15(27-2)13(7-11)20-18(22)10-30-19(23)12-8-16(28-3)17(29-4)9-14(12)21(24)25/h5-9H,10H2,1-4H3,(H,20,22). The summed E-state index contributed by atoms with van der Waals surface area (Å²) in [6.45, 7) is -0.690. The summed E-state index contributed by atoms with van der Waals surface area (Å²) >= 11 is 0. The SMILES string of the molecule is COc1ccc(OC)c(NC(=O)COC(=O)c2cc(OC)c(OC)cc2[N+](=O)[O-])c1. The summed E-state index contributed by atoms with van der Waals surface area (Å²) in [7, 11) is 5.50. The van der Waals surface area contributed by atoms with Crippen molar-refractivity contribution in [3.8, 4) is 23.0 Å². The minimum atomic E-state index is -1.07. The molecule has 0 bridgehead atoms. The predicted octanol–water partition coefficient (Wildman–Crippen LogP) is 2.42. The maximum atomic E-state index is 12.4. The van der Waals surface area contributed by atoms with Gasteiger partial charge in [0.2, 0.25) is 0 Å². The molecule has 0 atom stereocenters. The summed E-state index contributed by atoms with van der Waals surface area (Å²) in [4.78, 5) is 35.1. The van der Waals surface area contributed by atoms with Crippen LogP contribution < -0.4 is 24.3 Å². The van der Waals surface area contributed by atoms with Gasteiger partial charge in [-0.15, -0.1) is 0 Å². The van der Waals surface area contributed by atoms with Crippen LogP contribution in [0.2, 0.25) is 0 Å². The Hall–Kier alpha value is -4.02. The van der Waals surface area contributed by atoms with Crippen molar-refractivity contribution < 1.29 is 38.2 Å². The van der Waals surface area contributed by atoms with E-state index in [1.807, 2.05) is 0 Å². The van der Waals surface area contributed by atoms with Gasteiger partial charge in [-0.1, -0.05) is 0 Å². The molecule has 2 aromatic rings. The Morgan fingerprint density at radius 3 is 2.13 bits per heavy atom. The quantitative estimate of drug-likeness (QED) is 0.368. The van der Waals surface area contributed by atoms with E-state index in [-0.39, 0.29) is 17.1 Å². The lowest BCUT2D eigenvalue weighted by molar-refractivity contribution is -0.385. The number of rotatable bonds is 9. The Morgan fingerprint density at radius 1 is 0.933 bits per heavy atom. The Morgan fingerprint density at radius 2 is 1.57 bits per heavy atom. The van der Waals surface area contributed by atoms with Gasteiger partial charge in [0.25, 0.3) is 11.6 Å². The number of ether oxygens (including phenoxy) is 5. The second kappa shape index (κ2) is 9.96. The van der Waals surface area contributed by atoms with E-state index in [0.717, 1.165) is 12.1 Å². The van der Waals surface area contributed by atoms with Crippen LogP contribution in [0.4, 0.5) is 11.4 Å². The largest absolute Gasteiger partial charge is 0.497 e. The average molecular weight is 420 g/mol. The van der Waals surface area contributed by atoms with Crippen molar-refractivity contribution in [2.24, 2.45) is 0 Å². The fourth-order valence-corrected chi connectivity index (χ4v) is 2.49. The highest BCUT2D eigenvalue weighted by Gasteiger charge is 2.26. The van der Waals surface area contributed by atoms with Crippen molar-refractivity contribution in [3.05, 3.63) is 46.0 Å². The molecule has 2 rings (SSSR count). The fraction of sp³-hybridized carbons (Fsp3) is 0.263. The molecule has 0 aromatic heterocycles. The molecule has 1 amide bonds. The van der Waals surface area contributed by atoms with Crippen molar-refractivity contribution in [1.29, 1.82) is 0 Å². The number of esters is 1. The number of hydrogen-bond acceptors (Lipinski definition) is 9. The van der Waals surface area contributed by atoms with Crippen molar-refractivity contribution >= 4 is 23.3 Å². The molecule has 0 aliphatic heterocycles. The minimum absolute atomic E-state index is 0.0728. The minimum Gasteiger partial charge on any atom is -0.497 e. The number of benzene rings is 2. The van der Waals surface area contributed by atoms with Gasteiger partial charge in [0.1, 0.15) is 17.1 Å². The summed E-state index contributed by atoms with van der Waals surface area (Å²) < 4.78 is 25.2. The molecule has 11 nitrogen and oxygen atoms in total. The van der Waals surface area contributed by atoms with Crippen LogP contribution in [-0.4, -0.2) is 51.8 Å². The average Bonchev–Trinajstić information content (AvgIpc) is 2.76. The third-order valence-corrected chi connectivity index (χ3v) is 3.93. The second-order valence-corrected chi connectivity index (χ2v) is 5.67. The summed E-state index contributed by atoms with van der Waals surface area (Å²) in [5.74, 6) is -0.743. The van der Waals surface area contributed by atoms with Crippen LogP contribution in [0.3, 0.4) is 0 Å². The third-order valence-electron chi connectivity index (χ3n) is 3.93. The zero-order chi connectivity index (χ0) is 22.3. The van der Waals surface area contributed by atoms with Gasteiger partial charge in [0, 0.05) is 12.1 Å². The summed E-state index contributed by atoms with van der Waals surface area (Å²) in [5, 5.41) is 13.8. The molecule has 0 aliphatic carbocycles. The van der Waals surface area contributed by atoms with E-state index < -0.39 is 29.1 Å². The topological polar surface area (TPSA) is 135 Å². The van der Waals surface area contributed by atoms with Crippen LogP contribution >= 0.6 is 0 Å². The van der Waals surface area contributed by atoms with Crippen LogP contribution in [-0.2, 0) is 9.53 Å². The Bertz CT molecular complexity index is 959. The first kappa shape index (κ1) is 22.3. The first-order valence-electron chi connectivity index (χ1n) is 8.44. The normalized spacial score (nSPS) is 10.0. The first-order chi connectivity index (χ1) is 14.3. The Balaban J connectivity index is 2.16. The molecule has 0 aliphatic rings. The number of nitrogens with one attached hydrogen (secondary N) is 1. The highest BCUT2D eigenvalue weighted by molar-refractivity contribution is 5.98. The molecule has 1 N–H and O–H groups in total. The zero-order valence-electron chi connectivity index (χ0n) is 16.7. The van der Waals surface area contributed by atoms with E-state index in [4.69, 9.17) is 23.7 Å².